The topological polar surface area (TPSA) is 17.1 Å². The normalized spacial score (nSPS) is 15.3. The Morgan fingerprint density at radius 3 is 2.85 bits per heavy atom. The SMILES string of the molecule is CC[C@@H](C)C(=O)[C@@H](F)c1cccs1. The van der Waals surface area contributed by atoms with Crippen molar-refractivity contribution in [3.63, 3.8) is 0 Å². The largest absolute Gasteiger partial charge is 0.296 e. The van der Waals surface area contributed by atoms with Crippen molar-refractivity contribution in [2.45, 2.75) is 26.4 Å². The van der Waals surface area contributed by atoms with E-state index in [1.54, 1.807) is 24.4 Å². The molecule has 1 nitrogen and oxygen atoms in total. The first kappa shape index (κ1) is 10.4. The van der Waals surface area contributed by atoms with Gasteiger partial charge in [-0.2, -0.15) is 0 Å². The fourth-order valence-electron chi connectivity index (χ4n) is 1.03. The predicted octanol–water partition coefficient (Wildman–Crippen LogP) is 3.37. The maximum Gasteiger partial charge on any atom is 0.192 e. The van der Waals surface area contributed by atoms with Gasteiger partial charge in [-0.1, -0.05) is 19.9 Å². The predicted molar refractivity (Wildman–Crippen MR) is 52.6 cm³/mol. The van der Waals surface area contributed by atoms with E-state index < -0.39 is 6.17 Å². The summed E-state index contributed by atoms with van der Waals surface area (Å²) in [6.07, 6.45) is -0.722. The molecular formula is C10H13FOS. The highest BCUT2D eigenvalue weighted by Crippen LogP contribution is 2.26. The van der Waals surface area contributed by atoms with Gasteiger partial charge in [-0.15, -0.1) is 11.3 Å². The van der Waals surface area contributed by atoms with Crippen LogP contribution in [0.15, 0.2) is 17.5 Å². The molecule has 0 amide bonds. The van der Waals surface area contributed by atoms with Gasteiger partial charge in [-0.25, -0.2) is 4.39 Å². The van der Waals surface area contributed by atoms with Crippen LogP contribution in [-0.4, -0.2) is 5.78 Å². The average molecular weight is 200 g/mol. The second-order valence-corrected chi connectivity index (χ2v) is 4.07. The van der Waals surface area contributed by atoms with Gasteiger partial charge in [0, 0.05) is 10.8 Å². The summed E-state index contributed by atoms with van der Waals surface area (Å²) in [7, 11) is 0. The molecule has 1 heterocycles. The Morgan fingerprint density at radius 1 is 1.69 bits per heavy atom. The van der Waals surface area contributed by atoms with E-state index in [2.05, 4.69) is 0 Å². The average Bonchev–Trinajstić information content (AvgIpc) is 2.67. The van der Waals surface area contributed by atoms with Crippen molar-refractivity contribution in [2.75, 3.05) is 0 Å². The second-order valence-electron chi connectivity index (χ2n) is 3.09. The third-order valence-corrected chi connectivity index (χ3v) is 3.05. The van der Waals surface area contributed by atoms with E-state index >= 15 is 0 Å². The van der Waals surface area contributed by atoms with Crippen molar-refractivity contribution < 1.29 is 9.18 Å². The maximum atomic E-state index is 13.5. The van der Waals surface area contributed by atoms with E-state index in [0.717, 1.165) is 0 Å². The minimum atomic E-state index is -1.42. The number of Topliss-reactive ketones (excluding diaryl/α,β-unsaturated/α-hetero) is 1. The zero-order valence-electron chi connectivity index (χ0n) is 7.79. The summed E-state index contributed by atoms with van der Waals surface area (Å²) < 4.78 is 13.5. The van der Waals surface area contributed by atoms with Crippen LogP contribution in [-0.2, 0) is 4.79 Å². The molecule has 72 valence electrons. The molecule has 0 bridgehead atoms. The quantitative estimate of drug-likeness (QED) is 0.728. The van der Waals surface area contributed by atoms with Crippen molar-refractivity contribution in [3.8, 4) is 0 Å². The van der Waals surface area contributed by atoms with Crippen LogP contribution < -0.4 is 0 Å². The molecule has 0 fully saturated rings. The fraction of sp³-hybridized carbons (Fsp3) is 0.500. The van der Waals surface area contributed by atoms with Crippen LogP contribution in [0.2, 0.25) is 0 Å². The monoisotopic (exact) mass is 200 g/mol. The Labute approximate surface area is 81.6 Å². The highest BCUT2D eigenvalue weighted by Gasteiger charge is 2.24. The number of alkyl halides is 1. The zero-order valence-corrected chi connectivity index (χ0v) is 8.60. The Balaban J connectivity index is 2.68. The third-order valence-electron chi connectivity index (χ3n) is 2.14. The van der Waals surface area contributed by atoms with Crippen LogP contribution >= 0.6 is 11.3 Å². The summed E-state index contributed by atoms with van der Waals surface area (Å²) in [5.41, 5.74) is 0. The third kappa shape index (κ3) is 2.37. The molecular weight excluding hydrogens is 187 g/mol. The maximum absolute atomic E-state index is 13.5. The molecule has 0 spiro atoms. The lowest BCUT2D eigenvalue weighted by molar-refractivity contribution is -0.127. The van der Waals surface area contributed by atoms with Gasteiger partial charge >= 0.3 is 0 Å². The summed E-state index contributed by atoms with van der Waals surface area (Å²) in [5.74, 6) is -0.484. The molecule has 0 radical (unpaired) electrons. The van der Waals surface area contributed by atoms with E-state index in [1.165, 1.54) is 11.3 Å². The van der Waals surface area contributed by atoms with Crippen molar-refractivity contribution in [3.05, 3.63) is 22.4 Å². The molecule has 3 heteroatoms. The molecule has 2 atom stereocenters. The fourth-order valence-corrected chi connectivity index (χ4v) is 1.73. The van der Waals surface area contributed by atoms with Crippen LogP contribution in [0.3, 0.4) is 0 Å². The number of carbonyl (C=O) groups is 1. The van der Waals surface area contributed by atoms with Gasteiger partial charge in [0.15, 0.2) is 12.0 Å². The standard InChI is InChI=1S/C10H13FOS/c1-3-7(2)10(12)9(11)8-5-4-6-13-8/h4-7,9H,3H2,1-2H3/t7-,9+/m1/s1. The molecule has 0 aliphatic rings. The number of carbonyl (C=O) groups excluding carboxylic acids is 1. The number of hydrogen-bond donors (Lipinski definition) is 0. The molecule has 0 aromatic carbocycles. The van der Waals surface area contributed by atoms with Gasteiger partial charge in [-0.3, -0.25) is 4.79 Å². The molecule has 0 N–H and O–H groups in total. The van der Waals surface area contributed by atoms with E-state index in [0.29, 0.717) is 11.3 Å². The number of hydrogen-bond acceptors (Lipinski definition) is 2. The van der Waals surface area contributed by atoms with E-state index in [1.807, 2.05) is 6.92 Å². The van der Waals surface area contributed by atoms with Gasteiger partial charge in [0.25, 0.3) is 0 Å². The van der Waals surface area contributed by atoms with Crippen LogP contribution in [0.25, 0.3) is 0 Å². The van der Waals surface area contributed by atoms with E-state index in [4.69, 9.17) is 0 Å². The van der Waals surface area contributed by atoms with Crippen molar-refractivity contribution in [1.82, 2.24) is 0 Å². The molecule has 0 saturated carbocycles. The summed E-state index contributed by atoms with van der Waals surface area (Å²) in [5, 5.41) is 1.78. The van der Waals surface area contributed by atoms with E-state index in [9.17, 15) is 9.18 Å². The Hall–Kier alpha value is -0.700. The highest BCUT2D eigenvalue weighted by atomic mass is 32.1. The van der Waals surface area contributed by atoms with Gasteiger partial charge in [0.05, 0.1) is 0 Å². The minimum absolute atomic E-state index is 0.183. The number of halogens is 1. The van der Waals surface area contributed by atoms with Crippen LogP contribution in [0.1, 0.15) is 31.3 Å². The first-order chi connectivity index (χ1) is 6.16. The molecule has 0 unspecified atom stereocenters. The Kier molecular flexibility index (Phi) is 3.60. The van der Waals surface area contributed by atoms with E-state index in [-0.39, 0.29) is 11.7 Å². The lowest BCUT2D eigenvalue weighted by atomic mass is 9.99. The first-order valence-corrected chi connectivity index (χ1v) is 5.26. The summed E-state index contributed by atoms with van der Waals surface area (Å²) in [6.45, 7) is 3.66. The Bertz CT molecular complexity index is 268. The van der Waals surface area contributed by atoms with Crippen LogP contribution in [0.5, 0.6) is 0 Å². The number of thiophene rings is 1. The van der Waals surface area contributed by atoms with Crippen molar-refractivity contribution >= 4 is 17.1 Å². The summed E-state index contributed by atoms with van der Waals surface area (Å²) >= 11 is 1.29. The van der Waals surface area contributed by atoms with Crippen molar-refractivity contribution in [2.24, 2.45) is 5.92 Å². The van der Waals surface area contributed by atoms with Crippen LogP contribution in [0, 0.1) is 5.92 Å². The molecule has 0 saturated heterocycles. The molecule has 0 aliphatic heterocycles. The Morgan fingerprint density at radius 2 is 2.38 bits per heavy atom. The molecule has 13 heavy (non-hydrogen) atoms. The number of rotatable bonds is 4. The first-order valence-electron chi connectivity index (χ1n) is 4.38. The molecule has 0 aliphatic carbocycles. The minimum Gasteiger partial charge on any atom is -0.296 e. The lowest BCUT2D eigenvalue weighted by Crippen LogP contribution is -2.15. The van der Waals surface area contributed by atoms with Gasteiger partial charge in [0.2, 0.25) is 0 Å². The van der Waals surface area contributed by atoms with Gasteiger partial charge < -0.3 is 0 Å². The summed E-state index contributed by atoms with van der Waals surface area (Å²) in [4.78, 5) is 11.9. The molecule has 1 aromatic heterocycles. The van der Waals surface area contributed by atoms with Crippen molar-refractivity contribution in [1.29, 1.82) is 0 Å². The summed E-state index contributed by atoms with van der Waals surface area (Å²) in [6, 6.07) is 3.42. The molecule has 1 aromatic rings. The van der Waals surface area contributed by atoms with Gasteiger partial charge in [0.1, 0.15) is 0 Å². The van der Waals surface area contributed by atoms with Gasteiger partial charge in [-0.05, 0) is 17.9 Å². The highest BCUT2D eigenvalue weighted by molar-refractivity contribution is 7.10. The number of ketones is 1. The van der Waals surface area contributed by atoms with Crippen LogP contribution in [0.4, 0.5) is 4.39 Å². The second kappa shape index (κ2) is 4.51. The lowest BCUT2D eigenvalue weighted by Gasteiger charge is -2.09. The zero-order chi connectivity index (χ0) is 9.84. The molecule has 1 rings (SSSR count). The smallest absolute Gasteiger partial charge is 0.192 e.